The summed E-state index contributed by atoms with van der Waals surface area (Å²) < 4.78 is 1.64. The van der Waals surface area contributed by atoms with Crippen LogP contribution in [0.5, 0.6) is 5.75 Å². The number of fused-ring (bicyclic) bond motifs is 1. The number of phenolic OH excluding ortho intramolecular Hbond substituents is 1. The summed E-state index contributed by atoms with van der Waals surface area (Å²) in [6.45, 7) is 0. The maximum atomic E-state index is 12.8. The Hall–Kier alpha value is -3.39. The zero-order chi connectivity index (χ0) is 18.3. The van der Waals surface area contributed by atoms with Crippen molar-refractivity contribution in [3.05, 3.63) is 53.2 Å². The van der Waals surface area contributed by atoms with Crippen LogP contribution in [0.4, 0.5) is 5.69 Å². The van der Waals surface area contributed by atoms with Crippen LogP contribution in [-0.2, 0) is 7.05 Å². The molecule has 0 aliphatic rings. The third-order valence-corrected chi connectivity index (χ3v) is 4.32. The highest BCUT2D eigenvalue weighted by molar-refractivity contribution is 6.31. The number of rotatable bonds is 3. The van der Waals surface area contributed by atoms with Crippen molar-refractivity contribution in [2.45, 2.75) is 0 Å². The lowest BCUT2D eigenvalue weighted by Gasteiger charge is -2.10. The molecule has 0 aliphatic heterocycles. The second kappa shape index (κ2) is 6.16. The smallest absolute Gasteiger partial charge is 0.272 e. The van der Waals surface area contributed by atoms with Crippen molar-refractivity contribution in [3.63, 3.8) is 0 Å². The molecule has 0 aliphatic carbocycles. The Morgan fingerprint density at radius 2 is 2.12 bits per heavy atom. The molecule has 0 radical (unpaired) electrons. The lowest BCUT2D eigenvalue weighted by molar-refractivity contribution is 0.102. The van der Waals surface area contributed by atoms with E-state index in [0.717, 1.165) is 5.39 Å². The zero-order valence-electron chi connectivity index (χ0n) is 13.6. The van der Waals surface area contributed by atoms with Gasteiger partial charge in [0.1, 0.15) is 11.4 Å². The number of phenols is 1. The zero-order valence-corrected chi connectivity index (χ0v) is 14.3. The first-order valence-corrected chi connectivity index (χ1v) is 8.04. The Morgan fingerprint density at radius 3 is 2.85 bits per heavy atom. The molecule has 1 amide bonds. The Morgan fingerprint density at radius 1 is 1.27 bits per heavy atom. The number of aromatic amines is 1. The van der Waals surface area contributed by atoms with Crippen LogP contribution < -0.4 is 5.32 Å². The number of anilines is 1. The molecule has 0 saturated heterocycles. The monoisotopic (exact) mass is 368 g/mol. The topological polar surface area (TPSA) is 109 Å². The van der Waals surface area contributed by atoms with Crippen LogP contribution >= 0.6 is 11.6 Å². The standard InChI is InChI=1S/C17H13ClN6O2/c1-24-13(7-9-3-2-4-14(25)15(9)24)17(26)19-12-6-5-10(18)8-11(12)16-20-22-23-21-16/h2-8,25H,1H3,(H,19,26)(H,20,21,22,23). The lowest BCUT2D eigenvalue weighted by atomic mass is 10.1. The molecular weight excluding hydrogens is 356 g/mol. The number of aryl methyl sites for hydroxylation is 1. The van der Waals surface area contributed by atoms with Crippen molar-refractivity contribution in [1.29, 1.82) is 0 Å². The molecule has 0 saturated carbocycles. The molecule has 2 aromatic carbocycles. The number of nitrogens with zero attached hydrogens (tertiary/aromatic N) is 4. The number of hydrogen-bond acceptors (Lipinski definition) is 5. The third-order valence-electron chi connectivity index (χ3n) is 4.08. The number of carbonyl (C=O) groups excluding carboxylic acids is 1. The summed E-state index contributed by atoms with van der Waals surface area (Å²) in [5.41, 5.74) is 2.03. The van der Waals surface area contributed by atoms with Crippen molar-refractivity contribution < 1.29 is 9.90 Å². The molecule has 0 unspecified atom stereocenters. The summed E-state index contributed by atoms with van der Waals surface area (Å²) in [7, 11) is 1.72. The SMILES string of the molecule is Cn1c(C(=O)Nc2ccc(Cl)cc2-c2nn[nH]n2)cc2cccc(O)c21. The number of carbonyl (C=O) groups is 1. The molecule has 3 N–H and O–H groups in total. The van der Waals surface area contributed by atoms with Gasteiger partial charge in [0.2, 0.25) is 5.82 Å². The second-order valence-corrected chi connectivity index (χ2v) is 6.12. The molecule has 4 aromatic rings. The van der Waals surface area contributed by atoms with Crippen LogP contribution in [0.25, 0.3) is 22.3 Å². The number of aromatic hydroxyl groups is 1. The van der Waals surface area contributed by atoms with E-state index in [1.807, 2.05) is 6.07 Å². The molecule has 8 nitrogen and oxygen atoms in total. The van der Waals surface area contributed by atoms with Crippen LogP contribution in [0.2, 0.25) is 5.02 Å². The fourth-order valence-corrected chi connectivity index (χ4v) is 3.06. The number of benzene rings is 2. The predicted octanol–water partition coefficient (Wildman–Crippen LogP) is 2.97. The minimum atomic E-state index is -0.338. The lowest BCUT2D eigenvalue weighted by Crippen LogP contribution is -2.16. The van der Waals surface area contributed by atoms with E-state index in [0.29, 0.717) is 33.3 Å². The number of amides is 1. The van der Waals surface area contributed by atoms with Gasteiger partial charge in [-0.05, 0) is 35.5 Å². The molecular formula is C17H13ClN6O2. The van der Waals surface area contributed by atoms with Gasteiger partial charge in [-0.15, -0.1) is 10.2 Å². The number of nitrogens with one attached hydrogen (secondary N) is 2. The summed E-state index contributed by atoms with van der Waals surface area (Å²) in [6.07, 6.45) is 0. The summed E-state index contributed by atoms with van der Waals surface area (Å²) in [5.74, 6) is 0.0932. The van der Waals surface area contributed by atoms with E-state index in [1.165, 1.54) is 0 Å². The largest absolute Gasteiger partial charge is 0.506 e. The number of halogens is 1. The fourth-order valence-electron chi connectivity index (χ4n) is 2.89. The molecule has 26 heavy (non-hydrogen) atoms. The number of aromatic nitrogens is 5. The van der Waals surface area contributed by atoms with Crippen molar-refractivity contribution >= 4 is 34.1 Å². The average Bonchev–Trinajstić information content (AvgIpc) is 3.25. The minimum absolute atomic E-state index is 0.114. The number of para-hydroxylation sites is 1. The van der Waals surface area contributed by atoms with E-state index < -0.39 is 0 Å². The molecule has 130 valence electrons. The van der Waals surface area contributed by atoms with Crippen molar-refractivity contribution in [2.24, 2.45) is 7.05 Å². The van der Waals surface area contributed by atoms with Gasteiger partial charge in [0, 0.05) is 23.0 Å². The van der Waals surface area contributed by atoms with Gasteiger partial charge in [-0.2, -0.15) is 5.21 Å². The Labute approximate surface area is 152 Å². The van der Waals surface area contributed by atoms with Gasteiger partial charge in [0.15, 0.2) is 0 Å². The van der Waals surface area contributed by atoms with Crippen LogP contribution in [0.15, 0.2) is 42.5 Å². The quantitative estimate of drug-likeness (QED) is 0.515. The van der Waals surface area contributed by atoms with Gasteiger partial charge < -0.3 is 15.0 Å². The first-order chi connectivity index (χ1) is 12.5. The molecule has 2 heterocycles. The van der Waals surface area contributed by atoms with Crippen molar-refractivity contribution in [2.75, 3.05) is 5.32 Å². The van der Waals surface area contributed by atoms with Crippen molar-refractivity contribution in [3.8, 4) is 17.1 Å². The maximum Gasteiger partial charge on any atom is 0.272 e. The van der Waals surface area contributed by atoms with Gasteiger partial charge in [-0.3, -0.25) is 4.79 Å². The van der Waals surface area contributed by atoms with Crippen LogP contribution in [-0.4, -0.2) is 36.2 Å². The van der Waals surface area contributed by atoms with Gasteiger partial charge in [0.05, 0.1) is 11.2 Å². The van der Waals surface area contributed by atoms with Gasteiger partial charge in [-0.1, -0.05) is 23.7 Å². The van der Waals surface area contributed by atoms with Crippen LogP contribution in [0, 0.1) is 0 Å². The van der Waals surface area contributed by atoms with Gasteiger partial charge in [-0.25, -0.2) is 0 Å². The molecule has 0 atom stereocenters. The van der Waals surface area contributed by atoms with E-state index >= 15 is 0 Å². The molecule has 9 heteroatoms. The van der Waals surface area contributed by atoms with Crippen LogP contribution in [0.1, 0.15) is 10.5 Å². The Balaban J connectivity index is 1.74. The maximum absolute atomic E-state index is 12.8. The van der Waals surface area contributed by atoms with E-state index in [4.69, 9.17) is 11.6 Å². The van der Waals surface area contributed by atoms with E-state index in [-0.39, 0.29) is 11.7 Å². The van der Waals surface area contributed by atoms with Gasteiger partial charge in [0.25, 0.3) is 5.91 Å². The summed E-state index contributed by atoms with van der Waals surface area (Å²) in [4.78, 5) is 12.8. The fraction of sp³-hybridized carbons (Fsp3) is 0.0588. The summed E-state index contributed by atoms with van der Waals surface area (Å²) in [5, 5.41) is 27.9. The van der Waals surface area contributed by atoms with E-state index in [2.05, 4.69) is 25.9 Å². The molecule has 2 aromatic heterocycles. The van der Waals surface area contributed by atoms with E-state index in [9.17, 15) is 9.90 Å². The summed E-state index contributed by atoms with van der Waals surface area (Å²) >= 11 is 6.05. The number of tetrazole rings is 1. The highest BCUT2D eigenvalue weighted by Crippen LogP contribution is 2.30. The summed E-state index contributed by atoms with van der Waals surface area (Å²) in [6, 6.07) is 11.8. The first-order valence-electron chi connectivity index (χ1n) is 7.66. The second-order valence-electron chi connectivity index (χ2n) is 5.68. The minimum Gasteiger partial charge on any atom is -0.506 e. The Bertz CT molecular complexity index is 1120. The average molecular weight is 369 g/mol. The third kappa shape index (κ3) is 2.66. The predicted molar refractivity (Wildman–Crippen MR) is 97.2 cm³/mol. The highest BCUT2D eigenvalue weighted by atomic mass is 35.5. The first kappa shape index (κ1) is 16.1. The van der Waals surface area contributed by atoms with E-state index in [1.54, 1.807) is 48.0 Å². The highest BCUT2D eigenvalue weighted by Gasteiger charge is 2.18. The van der Waals surface area contributed by atoms with Crippen LogP contribution in [0.3, 0.4) is 0 Å². The molecule has 4 rings (SSSR count). The molecule has 0 fully saturated rings. The van der Waals surface area contributed by atoms with Crippen molar-refractivity contribution in [1.82, 2.24) is 25.2 Å². The normalized spacial score (nSPS) is 11.0. The number of hydrogen-bond donors (Lipinski definition) is 3. The van der Waals surface area contributed by atoms with Gasteiger partial charge >= 0.3 is 0 Å². The molecule has 0 spiro atoms. The number of H-pyrrole nitrogens is 1. The Kier molecular flexibility index (Phi) is 3.81. The molecule has 0 bridgehead atoms.